The summed E-state index contributed by atoms with van der Waals surface area (Å²) in [5.41, 5.74) is 0. The van der Waals surface area contributed by atoms with Gasteiger partial charge in [0.2, 0.25) is 11.8 Å². The first-order valence-electron chi connectivity index (χ1n) is 6.46. The van der Waals surface area contributed by atoms with Crippen LogP contribution in [0.5, 0.6) is 0 Å². The zero-order valence-electron chi connectivity index (χ0n) is 10.4. The van der Waals surface area contributed by atoms with Crippen LogP contribution in [-0.2, 0) is 16.0 Å². The summed E-state index contributed by atoms with van der Waals surface area (Å²) in [4.78, 5) is 26.9. The van der Waals surface area contributed by atoms with Crippen molar-refractivity contribution < 1.29 is 9.59 Å². The number of carbonyl (C=O) groups is 2. The van der Waals surface area contributed by atoms with Gasteiger partial charge in [0.1, 0.15) is 6.04 Å². The summed E-state index contributed by atoms with van der Waals surface area (Å²) in [6, 6.07) is 3.80. The largest absolute Gasteiger partial charge is 0.342 e. The van der Waals surface area contributed by atoms with Crippen LogP contribution in [0, 0.1) is 5.92 Å². The van der Waals surface area contributed by atoms with E-state index >= 15 is 0 Å². The molecule has 0 spiro atoms. The molecule has 0 aromatic carbocycles. The van der Waals surface area contributed by atoms with Gasteiger partial charge in [-0.1, -0.05) is 0 Å². The summed E-state index contributed by atoms with van der Waals surface area (Å²) in [7, 11) is 0. The van der Waals surface area contributed by atoms with Gasteiger partial charge in [-0.15, -0.1) is 11.3 Å². The molecular formula is C13H15BrN2O2S. The van der Waals surface area contributed by atoms with Crippen LogP contribution in [0.4, 0.5) is 0 Å². The molecule has 1 saturated carbocycles. The summed E-state index contributed by atoms with van der Waals surface area (Å²) in [5, 5.41) is 2.83. The molecule has 0 bridgehead atoms. The molecule has 102 valence electrons. The molecular weight excluding hydrogens is 328 g/mol. The molecule has 1 saturated heterocycles. The maximum atomic E-state index is 12.3. The van der Waals surface area contributed by atoms with E-state index in [9.17, 15) is 9.59 Å². The fourth-order valence-electron chi connectivity index (χ4n) is 2.40. The Morgan fingerprint density at radius 2 is 2.16 bits per heavy atom. The van der Waals surface area contributed by atoms with E-state index in [0.717, 1.165) is 23.0 Å². The first-order valence-corrected chi connectivity index (χ1v) is 8.07. The van der Waals surface area contributed by atoms with Crippen molar-refractivity contribution >= 4 is 39.1 Å². The van der Waals surface area contributed by atoms with Crippen LogP contribution in [0.3, 0.4) is 0 Å². The zero-order valence-corrected chi connectivity index (χ0v) is 12.8. The first-order chi connectivity index (χ1) is 9.13. The summed E-state index contributed by atoms with van der Waals surface area (Å²) in [5.74, 6) is 0.441. The summed E-state index contributed by atoms with van der Waals surface area (Å²) in [6.45, 7) is 0.830. The van der Waals surface area contributed by atoms with Gasteiger partial charge in [0.25, 0.3) is 0 Å². The van der Waals surface area contributed by atoms with Crippen molar-refractivity contribution in [3.05, 3.63) is 20.8 Å². The molecule has 2 fully saturated rings. The quantitative estimate of drug-likeness (QED) is 0.906. The van der Waals surface area contributed by atoms with E-state index in [-0.39, 0.29) is 24.4 Å². The van der Waals surface area contributed by atoms with Crippen LogP contribution < -0.4 is 5.32 Å². The van der Waals surface area contributed by atoms with E-state index in [1.54, 1.807) is 16.2 Å². The minimum Gasteiger partial charge on any atom is -0.342 e. The molecule has 2 heterocycles. The van der Waals surface area contributed by atoms with Crippen LogP contribution in [0.15, 0.2) is 15.9 Å². The van der Waals surface area contributed by atoms with E-state index in [4.69, 9.17) is 0 Å². The standard InChI is InChI=1S/C13H15BrN2O2S/c14-10-4-3-9(19-10)5-6-16-7-11(17)15-12(13(16)18)8-1-2-8/h3-4,8,12H,1-2,5-7H2,(H,15,17). The third kappa shape index (κ3) is 3.00. The van der Waals surface area contributed by atoms with Crippen molar-refractivity contribution in [3.63, 3.8) is 0 Å². The Bertz CT molecular complexity index is 512. The smallest absolute Gasteiger partial charge is 0.245 e. The Hall–Kier alpha value is -0.880. The third-order valence-electron chi connectivity index (χ3n) is 3.58. The summed E-state index contributed by atoms with van der Waals surface area (Å²) >= 11 is 5.11. The monoisotopic (exact) mass is 342 g/mol. The molecule has 1 N–H and O–H groups in total. The van der Waals surface area contributed by atoms with Crippen LogP contribution in [-0.4, -0.2) is 35.8 Å². The van der Waals surface area contributed by atoms with Crippen molar-refractivity contribution in [2.45, 2.75) is 25.3 Å². The Morgan fingerprint density at radius 3 is 2.79 bits per heavy atom. The summed E-state index contributed by atoms with van der Waals surface area (Å²) < 4.78 is 1.10. The molecule has 2 amide bonds. The molecule has 0 radical (unpaired) electrons. The van der Waals surface area contributed by atoms with E-state index in [0.29, 0.717) is 12.5 Å². The minimum absolute atomic E-state index is 0.0242. The number of piperazine rings is 1. The molecule has 1 aromatic rings. The topological polar surface area (TPSA) is 49.4 Å². The predicted octanol–water partition coefficient (Wildman–Crippen LogP) is 1.79. The Kier molecular flexibility index (Phi) is 3.62. The third-order valence-corrected chi connectivity index (χ3v) is 5.26. The lowest BCUT2D eigenvalue weighted by atomic mass is 10.1. The lowest BCUT2D eigenvalue weighted by Gasteiger charge is -2.32. The molecule has 1 aliphatic heterocycles. The highest BCUT2D eigenvalue weighted by molar-refractivity contribution is 9.11. The molecule has 19 heavy (non-hydrogen) atoms. The number of halogens is 1. The van der Waals surface area contributed by atoms with E-state index in [1.165, 1.54) is 4.88 Å². The number of hydrogen-bond donors (Lipinski definition) is 1. The second kappa shape index (κ2) is 5.25. The van der Waals surface area contributed by atoms with Gasteiger partial charge < -0.3 is 10.2 Å². The van der Waals surface area contributed by atoms with E-state index < -0.39 is 0 Å². The van der Waals surface area contributed by atoms with Gasteiger partial charge in [-0.3, -0.25) is 9.59 Å². The first kappa shape index (κ1) is 13.1. The van der Waals surface area contributed by atoms with Gasteiger partial charge in [-0.25, -0.2) is 0 Å². The lowest BCUT2D eigenvalue weighted by molar-refractivity contribution is -0.144. The van der Waals surface area contributed by atoms with E-state index in [1.807, 2.05) is 6.07 Å². The van der Waals surface area contributed by atoms with E-state index in [2.05, 4.69) is 27.3 Å². The molecule has 1 atom stereocenters. The van der Waals surface area contributed by atoms with Gasteiger partial charge in [-0.2, -0.15) is 0 Å². The molecule has 1 aromatic heterocycles. The van der Waals surface area contributed by atoms with Gasteiger partial charge in [0, 0.05) is 11.4 Å². The normalized spacial score (nSPS) is 23.6. The molecule has 3 rings (SSSR count). The van der Waals surface area contributed by atoms with Gasteiger partial charge in [0.15, 0.2) is 0 Å². The maximum absolute atomic E-state index is 12.3. The molecule has 2 aliphatic rings. The van der Waals surface area contributed by atoms with Crippen molar-refractivity contribution in [1.82, 2.24) is 10.2 Å². The van der Waals surface area contributed by atoms with Crippen molar-refractivity contribution in [3.8, 4) is 0 Å². The van der Waals surface area contributed by atoms with Gasteiger partial charge in [-0.05, 0) is 53.2 Å². The maximum Gasteiger partial charge on any atom is 0.245 e. The Morgan fingerprint density at radius 1 is 1.37 bits per heavy atom. The number of rotatable bonds is 4. The van der Waals surface area contributed by atoms with Gasteiger partial charge in [0.05, 0.1) is 10.3 Å². The second-order valence-corrected chi connectivity index (χ2v) is 7.65. The van der Waals surface area contributed by atoms with Crippen molar-refractivity contribution in [1.29, 1.82) is 0 Å². The minimum atomic E-state index is -0.267. The SMILES string of the molecule is O=C1CN(CCc2ccc(Br)s2)C(=O)C(C2CC2)N1. The van der Waals surface area contributed by atoms with Crippen molar-refractivity contribution in [2.24, 2.45) is 5.92 Å². The van der Waals surface area contributed by atoms with Crippen LogP contribution in [0.1, 0.15) is 17.7 Å². The average Bonchev–Trinajstić information content (AvgIpc) is 3.13. The molecule has 1 unspecified atom stereocenters. The van der Waals surface area contributed by atoms with Crippen LogP contribution >= 0.6 is 27.3 Å². The average molecular weight is 343 g/mol. The fourth-order valence-corrected chi connectivity index (χ4v) is 3.87. The van der Waals surface area contributed by atoms with Gasteiger partial charge >= 0.3 is 0 Å². The molecule has 1 aliphatic carbocycles. The van der Waals surface area contributed by atoms with Crippen molar-refractivity contribution in [2.75, 3.05) is 13.1 Å². The molecule has 4 nitrogen and oxygen atoms in total. The molecule has 6 heteroatoms. The highest BCUT2D eigenvalue weighted by atomic mass is 79.9. The number of hydrogen-bond acceptors (Lipinski definition) is 3. The van der Waals surface area contributed by atoms with Crippen LogP contribution in [0.25, 0.3) is 0 Å². The fraction of sp³-hybridized carbons (Fsp3) is 0.538. The Balaban J connectivity index is 1.62. The predicted molar refractivity (Wildman–Crippen MR) is 77.0 cm³/mol. The number of nitrogens with zero attached hydrogens (tertiary/aromatic N) is 1. The second-order valence-electron chi connectivity index (χ2n) is 5.10. The van der Waals surface area contributed by atoms with Crippen LogP contribution in [0.2, 0.25) is 0 Å². The highest BCUT2D eigenvalue weighted by Crippen LogP contribution is 2.34. The summed E-state index contributed by atoms with van der Waals surface area (Å²) in [6.07, 6.45) is 2.93. The lowest BCUT2D eigenvalue weighted by Crippen LogP contribution is -2.59. The zero-order chi connectivity index (χ0) is 13.4. The Labute approximate surface area is 124 Å². The number of thiophene rings is 1. The highest BCUT2D eigenvalue weighted by Gasteiger charge is 2.42. The number of amides is 2. The number of nitrogens with one attached hydrogen (secondary N) is 1. The number of carbonyl (C=O) groups excluding carboxylic acids is 2.